The lowest BCUT2D eigenvalue weighted by Crippen LogP contribution is -2.52. The van der Waals surface area contributed by atoms with Crippen LogP contribution in [0.25, 0.3) is 0 Å². The first kappa shape index (κ1) is 17.0. The second-order valence-electron chi connectivity index (χ2n) is 7.40. The molecule has 2 heterocycles. The van der Waals surface area contributed by atoms with E-state index in [0.717, 1.165) is 24.8 Å². The molecule has 3 aliphatic rings. The monoisotopic (exact) mass is 358 g/mol. The Kier molecular flexibility index (Phi) is 5.02. The number of hydrogen-bond donors (Lipinski definition) is 0. The van der Waals surface area contributed by atoms with Crippen molar-refractivity contribution in [3.05, 3.63) is 29.3 Å². The number of piperazine rings is 1. The van der Waals surface area contributed by atoms with Crippen LogP contribution in [-0.2, 0) is 22.4 Å². The van der Waals surface area contributed by atoms with Gasteiger partial charge >= 0.3 is 0 Å². The molecule has 0 unspecified atom stereocenters. The van der Waals surface area contributed by atoms with Gasteiger partial charge in [0.25, 0.3) is 0 Å². The highest BCUT2D eigenvalue weighted by molar-refractivity contribution is 7.99. The summed E-state index contributed by atoms with van der Waals surface area (Å²) in [6, 6.07) is 6.50. The Morgan fingerprint density at radius 3 is 2.52 bits per heavy atom. The highest BCUT2D eigenvalue weighted by atomic mass is 32.2. The number of rotatable bonds is 3. The smallest absolute Gasteiger partial charge is 0.227 e. The fourth-order valence-electron chi connectivity index (χ4n) is 3.90. The molecule has 1 aromatic rings. The molecule has 0 radical (unpaired) electrons. The van der Waals surface area contributed by atoms with Crippen molar-refractivity contribution in [2.75, 3.05) is 31.9 Å². The topological polar surface area (TPSA) is 40.6 Å². The van der Waals surface area contributed by atoms with Gasteiger partial charge in [0.2, 0.25) is 11.8 Å². The van der Waals surface area contributed by atoms with Gasteiger partial charge in [-0.05, 0) is 48.6 Å². The molecule has 0 aromatic heterocycles. The van der Waals surface area contributed by atoms with E-state index in [1.54, 1.807) is 0 Å². The molecule has 1 aromatic carbocycles. The first-order valence-electron chi connectivity index (χ1n) is 9.52. The summed E-state index contributed by atoms with van der Waals surface area (Å²) < 4.78 is 0. The first-order valence-corrected chi connectivity index (χ1v) is 10.5. The number of aryl methyl sites for hydroxylation is 1. The van der Waals surface area contributed by atoms with Crippen LogP contribution in [-0.4, -0.2) is 53.5 Å². The van der Waals surface area contributed by atoms with Crippen LogP contribution >= 0.6 is 11.8 Å². The molecule has 2 amide bonds. The summed E-state index contributed by atoms with van der Waals surface area (Å²) in [5.41, 5.74) is 2.52. The Morgan fingerprint density at radius 1 is 1.04 bits per heavy atom. The Hall–Kier alpha value is -1.49. The van der Waals surface area contributed by atoms with Gasteiger partial charge in [-0.1, -0.05) is 18.6 Å². The van der Waals surface area contributed by atoms with Gasteiger partial charge in [-0.3, -0.25) is 9.59 Å². The molecular formula is C20H26N2O2S. The molecule has 25 heavy (non-hydrogen) atoms. The zero-order valence-electron chi connectivity index (χ0n) is 14.7. The van der Waals surface area contributed by atoms with Crippen LogP contribution in [0, 0.1) is 5.92 Å². The number of carbonyl (C=O) groups is 2. The van der Waals surface area contributed by atoms with Gasteiger partial charge < -0.3 is 9.80 Å². The SMILES string of the molecule is O=C(Cc1ccc2c(c1)CCCS2)N1CCN(C(=O)C2CCC2)CC1. The van der Waals surface area contributed by atoms with Crippen molar-refractivity contribution in [2.24, 2.45) is 5.92 Å². The van der Waals surface area contributed by atoms with Crippen LogP contribution in [0.15, 0.2) is 23.1 Å². The normalized spacial score (nSPS) is 20.8. The van der Waals surface area contributed by atoms with E-state index < -0.39 is 0 Å². The van der Waals surface area contributed by atoms with Gasteiger partial charge in [-0.2, -0.15) is 0 Å². The predicted octanol–water partition coefficient (Wildman–Crippen LogP) is 2.74. The number of benzene rings is 1. The van der Waals surface area contributed by atoms with E-state index in [4.69, 9.17) is 0 Å². The van der Waals surface area contributed by atoms with E-state index in [9.17, 15) is 9.59 Å². The maximum atomic E-state index is 12.6. The van der Waals surface area contributed by atoms with Gasteiger partial charge in [0.15, 0.2) is 0 Å². The number of carbonyl (C=O) groups excluding carboxylic acids is 2. The summed E-state index contributed by atoms with van der Waals surface area (Å²) in [7, 11) is 0. The van der Waals surface area contributed by atoms with E-state index in [2.05, 4.69) is 18.2 Å². The Labute approximate surface area is 153 Å². The minimum Gasteiger partial charge on any atom is -0.339 e. The highest BCUT2D eigenvalue weighted by Gasteiger charge is 2.32. The average Bonchev–Trinajstić information content (AvgIpc) is 2.60. The largest absolute Gasteiger partial charge is 0.339 e. The van der Waals surface area contributed by atoms with Crippen molar-refractivity contribution in [2.45, 2.75) is 43.4 Å². The molecule has 0 atom stereocenters. The molecule has 4 rings (SSSR count). The molecule has 0 spiro atoms. The third kappa shape index (κ3) is 3.71. The van der Waals surface area contributed by atoms with Crippen molar-refractivity contribution in [3.8, 4) is 0 Å². The number of amides is 2. The number of nitrogens with zero attached hydrogens (tertiary/aromatic N) is 2. The van der Waals surface area contributed by atoms with Crippen molar-refractivity contribution in [1.82, 2.24) is 9.80 Å². The van der Waals surface area contributed by atoms with E-state index in [1.165, 1.54) is 29.1 Å². The van der Waals surface area contributed by atoms with E-state index in [1.807, 2.05) is 21.6 Å². The number of fused-ring (bicyclic) bond motifs is 1. The first-order chi connectivity index (χ1) is 12.2. The second-order valence-corrected chi connectivity index (χ2v) is 8.54. The zero-order chi connectivity index (χ0) is 17.2. The third-order valence-electron chi connectivity index (χ3n) is 5.73. The summed E-state index contributed by atoms with van der Waals surface area (Å²) in [6.07, 6.45) is 6.13. The molecule has 1 aliphatic carbocycles. The van der Waals surface area contributed by atoms with Crippen molar-refractivity contribution in [3.63, 3.8) is 0 Å². The predicted molar refractivity (Wildman–Crippen MR) is 99.7 cm³/mol. The molecule has 2 aliphatic heterocycles. The van der Waals surface area contributed by atoms with Crippen LogP contribution in [0.3, 0.4) is 0 Å². The standard InChI is InChI=1S/C20H26N2O2S/c23-19(14-15-6-7-18-17(13-15)5-2-12-25-18)21-8-10-22(11-9-21)20(24)16-3-1-4-16/h6-7,13,16H,1-5,8-12,14H2. The summed E-state index contributed by atoms with van der Waals surface area (Å²) in [5.74, 6) is 1.97. The van der Waals surface area contributed by atoms with Gasteiger partial charge in [-0.15, -0.1) is 11.8 Å². The fourth-order valence-corrected chi connectivity index (χ4v) is 4.92. The van der Waals surface area contributed by atoms with E-state index in [0.29, 0.717) is 38.5 Å². The van der Waals surface area contributed by atoms with Crippen LogP contribution in [0.5, 0.6) is 0 Å². The maximum Gasteiger partial charge on any atom is 0.227 e. The molecule has 4 nitrogen and oxygen atoms in total. The van der Waals surface area contributed by atoms with Crippen LogP contribution in [0.4, 0.5) is 0 Å². The zero-order valence-corrected chi connectivity index (χ0v) is 15.5. The summed E-state index contributed by atoms with van der Waals surface area (Å²) in [5, 5.41) is 0. The highest BCUT2D eigenvalue weighted by Crippen LogP contribution is 2.31. The molecule has 0 N–H and O–H groups in total. The lowest BCUT2D eigenvalue weighted by Gasteiger charge is -2.38. The Morgan fingerprint density at radius 2 is 1.80 bits per heavy atom. The van der Waals surface area contributed by atoms with Crippen molar-refractivity contribution in [1.29, 1.82) is 0 Å². The molecule has 2 fully saturated rings. The van der Waals surface area contributed by atoms with Gasteiger partial charge in [0.1, 0.15) is 0 Å². The van der Waals surface area contributed by atoms with Gasteiger partial charge in [0, 0.05) is 37.0 Å². The molecule has 5 heteroatoms. The number of hydrogen-bond acceptors (Lipinski definition) is 3. The second kappa shape index (κ2) is 7.40. The quantitative estimate of drug-likeness (QED) is 0.834. The summed E-state index contributed by atoms with van der Waals surface area (Å²) in [4.78, 5) is 30.2. The average molecular weight is 359 g/mol. The number of thioether (sulfide) groups is 1. The minimum absolute atomic E-state index is 0.194. The lowest BCUT2D eigenvalue weighted by atomic mass is 9.84. The van der Waals surface area contributed by atoms with Gasteiger partial charge in [0.05, 0.1) is 6.42 Å². The lowest BCUT2D eigenvalue weighted by molar-refractivity contribution is -0.143. The Bertz CT molecular complexity index is 664. The third-order valence-corrected chi connectivity index (χ3v) is 6.93. The molecule has 0 bridgehead atoms. The van der Waals surface area contributed by atoms with Crippen molar-refractivity contribution >= 4 is 23.6 Å². The van der Waals surface area contributed by atoms with E-state index >= 15 is 0 Å². The van der Waals surface area contributed by atoms with E-state index in [-0.39, 0.29) is 11.8 Å². The molecule has 1 saturated heterocycles. The fraction of sp³-hybridized carbons (Fsp3) is 0.600. The molecular weight excluding hydrogens is 332 g/mol. The summed E-state index contributed by atoms with van der Waals surface area (Å²) >= 11 is 1.92. The van der Waals surface area contributed by atoms with Crippen LogP contribution < -0.4 is 0 Å². The summed E-state index contributed by atoms with van der Waals surface area (Å²) in [6.45, 7) is 2.75. The van der Waals surface area contributed by atoms with Crippen LogP contribution in [0.1, 0.15) is 36.8 Å². The van der Waals surface area contributed by atoms with Crippen LogP contribution in [0.2, 0.25) is 0 Å². The molecule has 1 saturated carbocycles. The molecule has 134 valence electrons. The maximum absolute atomic E-state index is 12.6. The Balaban J connectivity index is 1.31. The van der Waals surface area contributed by atoms with Crippen molar-refractivity contribution < 1.29 is 9.59 Å². The van der Waals surface area contributed by atoms with Gasteiger partial charge in [-0.25, -0.2) is 0 Å². The minimum atomic E-state index is 0.194.